The van der Waals surface area contributed by atoms with E-state index < -0.39 is 29.8 Å². The summed E-state index contributed by atoms with van der Waals surface area (Å²) in [5, 5.41) is 4.01. The summed E-state index contributed by atoms with van der Waals surface area (Å²) in [5.41, 5.74) is 11.6. The van der Waals surface area contributed by atoms with Crippen molar-refractivity contribution >= 4 is 11.8 Å². The molecule has 0 radical (unpaired) electrons. The van der Waals surface area contributed by atoms with E-state index in [0.717, 1.165) is 27.3 Å². The third-order valence-electron chi connectivity index (χ3n) is 6.91. The van der Waals surface area contributed by atoms with Crippen LogP contribution in [0.5, 0.6) is 5.75 Å². The maximum atomic E-state index is 9.68. The Morgan fingerprint density at radius 1 is 0.767 bits per heavy atom. The summed E-state index contributed by atoms with van der Waals surface area (Å²) in [5.74, 6) is 0.766. The Labute approximate surface area is 257 Å². The van der Waals surface area contributed by atoms with Crippen LogP contribution in [0.2, 0.25) is 0 Å². The van der Waals surface area contributed by atoms with Crippen molar-refractivity contribution in [2.24, 2.45) is 5.11 Å². The fourth-order valence-electron chi connectivity index (χ4n) is 4.72. The molecule has 0 spiro atoms. The zero-order chi connectivity index (χ0) is 30.6. The molecule has 0 aromatic heterocycles. The maximum Gasteiger partial charge on any atom is 0.119 e. The van der Waals surface area contributed by atoms with E-state index in [2.05, 4.69) is 10.0 Å². The standard InChI is InChI=1S/C34H35N3O5S/c1-38-28-19-17-27(18-20-28)21-39-24-30-32(40-22-25-11-5-2-6-12-25)33(41-23-26-13-7-3-8-14-26)31(36-37-35)34(42-30)43-29-15-9-4-10-16-29/h2-20,30-34H,21-24H2,1H3/t30-,31-,32-,33-,34+/m1/s1/i31D. The highest BCUT2D eigenvalue weighted by molar-refractivity contribution is 7.99. The number of thioether (sulfide) groups is 1. The van der Waals surface area contributed by atoms with Gasteiger partial charge < -0.3 is 23.7 Å². The summed E-state index contributed by atoms with van der Waals surface area (Å²) in [7, 11) is 1.63. The monoisotopic (exact) mass is 598 g/mol. The Kier molecular flexibility index (Phi) is 11.0. The smallest absolute Gasteiger partial charge is 0.119 e. The summed E-state index contributed by atoms with van der Waals surface area (Å²) >= 11 is 1.31. The molecule has 0 N–H and O–H groups in total. The molecule has 1 heterocycles. The highest BCUT2D eigenvalue weighted by Gasteiger charge is 2.47. The Balaban J connectivity index is 1.45. The third-order valence-corrected chi connectivity index (χ3v) is 8.02. The number of benzene rings is 4. The normalized spacial score (nSPS) is 23.6. The molecule has 5 rings (SSSR count). The second kappa shape index (κ2) is 16.1. The highest BCUT2D eigenvalue weighted by atomic mass is 32.2. The number of methoxy groups -OCH3 is 1. The van der Waals surface area contributed by atoms with Crippen LogP contribution in [-0.2, 0) is 38.8 Å². The second-order valence-electron chi connectivity index (χ2n) is 9.89. The molecule has 0 bridgehead atoms. The fraction of sp³-hybridized carbons (Fsp3) is 0.294. The van der Waals surface area contributed by atoms with Crippen LogP contribution in [0.15, 0.2) is 125 Å². The van der Waals surface area contributed by atoms with Gasteiger partial charge in [-0.2, -0.15) is 0 Å². The molecule has 1 fully saturated rings. The lowest BCUT2D eigenvalue weighted by molar-refractivity contribution is -0.211. The van der Waals surface area contributed by atoms with E-state index in [1.165, 1.54) is 11.8 Å². The molecule has 9 heteroatoms. The van der Waals surface area contributed by atoms with Crippen molar-refractivity contribution in [2.45, 2.75) is 54.5 Å². The molecule has 222 valence electrons. The van der Waals surface area contributed by atoms with Crippen molar-refractivity contribution in [3.63, 3.8) is 0 Å². The predicted molar refractivity (Wildman–Crippen MR) is 167 cm³/mol. The van der Waals surface area contributed by atoms with Gasteiger partial charge in [-0.3, -0.25) is 0 Å². The van der Waals surface area contributed by atoms with Crippen LogP contribution in [0.4, 0.5) is 0 Å². The zero-order valence-corrected chi connectivity index (χ0v) is 24.7. The highest BCUT2D eigenvalue weighted by Crippen LogP contribution is 2.38. The number of azide groups is 1. The molecule has 1 aliphatic heterocycles. The molecule has 0 amide bonds. The van der Waals surface area contributed by atoms with Crippen LogP contribution in [-0.4, -0.2) is 43.5 Å². The molecule has 4 aromatic carbocycles. The van der Waals surface area contributed by atoms with E-state index >= 15 is 0 Å². The van der Waals surface area contributed by atoms with Crippen LogP contribution in [0.25, 0.3) is 10.4 Å². The van der Waals surface area contributed by atoms with Gasteiger partial charge >= 0.3 is 0 Å². The molecule has 0 saturated carbocycles. The average Bonchev–Trinajstić information content (AvgIpc) is 3.07. The SMILES string of the molecule is [2H][C@]1(N=[N+]=[N-])[C@H](Sc2ccccc2)O[C@H](COCc2ccc(OC)cc2)[C@@H](OCc2ccccc2)[C@@H]1OCc1ccccc1. The van der Waals surface area contributed by atoms with Gasteiger partial charge in [-0.25, -0.2) is 0 Å². The minimum Gasteiger partial charge on any atom is -0.497 e. The minimum atomic E-state index is -1.86. The van der Waals surface area contributed by atoms with Gasteiger partial charge in [0, 0.05) is 11.2 Å². The number of hydrogen-bond acceptors (Lipinski definition) is 7. The van der Waals surface area contributed by atoms with Gasteiger partial charge in [-0.05, 0) is 46.5 Å². The van der Waals surface area contributed by atoms with Crippen LogP contribution in [0.1, 0.15) is 18.1 Å². The van der Waals surface area contributed by atoms with Gasteiger partial charge in [0.05, 0.1) is 39.6 Å². The van der Waals surface area contributed by atoms with Crippen molar-refractivity contribution in [3.05, 3.63) is 142 Å². The average molecular weight is 599 g/mol. The van der Waals surface area contributed by atoms with Gasteiger partial charge in [0.15, 0.2) is 0 Å². The van der Waals surface area contributed by atoms with E-state index in [9.17, 15) is 6.90 Å². The molecular weight excluding hydrogens is 562 g/mol. The minimum absolute atomic E-state index is 0.162. The van der Waals surface area contributed by atoms with Gasteiger partial charge in [0.25, 0.3) is 0 Å². The first-order chi connectivity index (χ1) is 21.6. The Bertz CT molecular complexity index is 1480. The Morgan fingerprint density at radius 3 is 1.91 bits per heavy atom. The maximum absolute atomic E-state index is 9.68. The number of rotatable bonds is 14. The van der Waals surface area contributed by atoms with E-state index in [4.69, 9.17) is 23.7 Å². The van der Waals surface area contributed by atoms with Crippen LogP contribution >= 0.6 is 11.8 Å². The van der Waals surface area contributed by atoms with Crippen LogP contribution in [0.3, 0.4) is 0 Å². The summed E-state index contributed by atoms with van der Waals surface area (Å²) in [6.07, 6.45) is -2.40. The summed E-state index contributed by atoms with van der Waals surface area (Å²) in [4.78, 5) is 3.96. The second-order valence-corrected chi connectivity index (χ2v) is 11.0. The number of hydrogen-bond donors (Lipinski definition) is 0. The molecular formula is C34H35N3O5S. The number of nitrogens with zero attached hydrogens (tertiary/aromatic N) is 3. The van der Waals surface area contributed by atoms with Crippen LogP contribution in [0, 0.1) is 0 Å². The van der Waals surface area contributed by atoms with Gasteiger partial charge in [-0.1, -0.05) is 108 Å². The molecule has 1 saturated heterocycles. The lowest BCUT2D eigenvalue weighted by atomic mass is 9.97. The molecule has 8 nitrogen and oxygen atoms in total. The number of ether oxygens (including phenoxy) is 5. The molecule has 0 unspecified atom stereocenters. The van der Waals surface area contributed by atoms with Gasteiger partial charge in [0.2, 0.25) is 0 Å². The van der Waals surface area contributed by atoms with E-state index in [-0.39, 0.29) is 19.8 Å². The first-order valence-corrected chi connectivity index (χ1v) is 14.9. The van der Waals surface area contributed by atoms with Crippen LogP contribution < -0.4 is 4.74 Å². The molecule has 5 atom stereocenters. The van der Waals surface area contributed by atoms with Gasteiger partial charge in [0.1, 0.15) is 29.4 Å². The Hall–Kier alpha value is -3.82. The summed E-state index contributed by atoms with van der Waals surface area (Å²) in [6, 6.07) is 34.8. The lowest BCUT2D eigenvalue weighted by Crippen LogP contribution is -2.58. The van der Waals surface area contributed by atoms with Crippen molar-refractivity contribution < 1.29 is 25.1 Å². The molecule has 0 aliphatic carbocycles. The van der Waals surface area contributed by atoms with Crippen molar-refractivity contribution in [1.82, 2.24) is 0 Å². The summed E-state index contributed by atoms with van der Waals surface area (Å²) < 4.78 is 40.6. The van der Waals surface area contributed by atoms with Gasteiger partial charge in [-0.15, -0.1) is 0 Å². The quantitative estimate of drug-likeness (QED) is 0.0844. The summed E-state index contributed by atoms with van der Waals surface area (Å²) in [6.45, 7) is 0.941. The topological polar surface area (TPSA) is 94.9 Å². The third kappa shape index (κ3) is 8.84. The van der Waals surface area contributed by atoms with Crippen molar-refractivity contribution in [3.8, 4) is 5.75 Å². The largest absolute Gasteiger partial charge is 0.497 e. The fourth-order valence-corrected chi connectivity index (χ4v) is 5.78. The first kappa shape index (κ1) is 29.3. The molecule has 1 aliphatic rings. The molecule has 43 heavy (non-hydrogen) atoms. The predicted octanol–water partition coefficient (Wildman–Crippen LogP) is 7.58. The van der Waals surface area contributed by atoms with Crippen molar-refractivity contribution in [1.29, 1.82) is 0 Å². The lowest BCUT2D eigenvalue weighted by Gasteiger charge is -2.44. The molecule has 4 aromatic rings. The van der Waals surface area contributed by atoms with E-state index in [1.54, 1.807) is 7.11 Å². The Morgan fingerprint density at radius 2 is 1.33 bits per heavy atom. The first-order valence-electron chi connectivity index (χ1n) is 14.5. The van der Waals surface area contributed by atoms with E-state index in [1.807, 2.05) is 115 Å². The zero-order valence-electron chi connectivity index (χ0n) is 24.9. The van der Waals surface area contributed by atoms with Crippen molar-refractivity contribution in [2.75, 3.05) is 13.7 Å². The van der Waals surface area contributed by atoms with E-state index in [0.29, 0.717) is 6.61 Å².